The first-order chi connectivity index (χ1) is 11.2. The van der Waals surface area contributed by atoms with Crippen molar-refractivity contribution in [1.29, 1.82) is 0 Å². The summed E-state index contributed by atoms with van der Waals surface area (Å²) >= 11 is 0. The Labute approximate surface area is 139 Å². The highest BCUT2D eigenvalue weighted by Crippen LogP contribution is 2.18. The third kappa shape index (κ3) is 5.09. The second-order valence-electron chi connectivity index (χ2n) is 5.77. The number of carbonyl (C=O) groups excluding carboxylic acids is 1. The van der Waals surface area contributed by atoms with Crippen LogP contribution in [-0.4, -0.2) is 5.78 Å². The molecule has 0 heterocycles. The monoisotopic (exact) mass is 304 g/mol. The number of rotatable bonds is 8. The number of aryl methyl sites for hydroxylation is 2. The van der Waals surface area contributed by atoms with Crippen molar-refractivity contribution in [2.24, 2.45) is 5.92 Å². The van der Waals surface area contributed by atoms with Crippen molar-refractivity contribution in [3.63, 3.8) is 0 Å². The number of benzene rings is 2. The van der Waals surface area contributed by atoms with Crippen molar-refractivity contribution in [2.75, 3.05) is 0 Å². The molecule has 2 rings (SSSR count). The van der Waals surface area contributed by atoms with E-state index in [1.165, 1.54) is 11.1 Å². The van der Waals surface area contributed by atoms with Crippen LogP contribution in [0, 0.1) is 5.92 Å². The first-order valence-electron chi connectivity index (χ1n) is 8.27. The van der Waals surface area contributed by atoms with Gasteiger partial charge < -0.3 is 0 Å². The van der Waals surface area contributed by atoms with Gasteiger partial charge in [0.1, 0.15) is 0 Å². The molecule has 0 aliphatic carbocycles. The van der Waals surface area contributed by atoms with Crippen LogP contribution in [-0.2, 0) is 12.8 Å². The molecule has 0 fully saturated rings. The molecule has 0 aliphatic rings. The zero-order chi connectivity index (χ0) is 16.5. The minimum atomic E-state index is -0.135. The lowest BCUT2D eigenvalue weighted by molar-refractivity contribution is 0.0939. The Morgan fingerprint density at radius 3 is 2.39 bits per heavy atom. The smallest absolute Gasteiger partial charge is 0.170 e. The summed E-state index contributed by atoms with van der Waals surface area (Å²) < 4.78 is 0. The Bertz CT molecular complexity index is 661. The van der Waals surface area contributed by atoms with Gasteiger partial charge in [-0.15, -0.1) is 5.73 Å². The number of allylic oxidation sites excluding steroid dienone is 1. The summed E-state index contributed by atoms with van der Waals surface area (Å²) in [7, 11) is 0. The Balaban J connectivity index is 1.99. The third-order valence-corrected chi connectivity index (χ3v) is 4.13. The van der Waals surface area contributed by atoms with Crippen molar-refractivity contribution < 1.29 is 4.79 Å². The lowest BCUT2D eigenvalue weighted by Gasteiger charge is -2.11. The highest BCUT2D eigenvalue weighted by molar-refractivity contribution is 5.98. The topological polar surface area (TPSA) is 17.1 Å². The minimum absolute atomic E-state index is 0.135. The lowest BCUT2D eigenvalue weighted by Crippen LogP contribution is -2.13. The fourth-order valence-corrected chi connectivity index (χ4v) is 2.72. The van der Waals surface area contributed by atoms with Gasteiger partial charge in [-0.2, -0.15) is 0 Å². The van der Waals surface area contributed by atoms with Crippen molar-refractivity contribution >= 4 is 5.78 Å². The Kier molecular flexibility index (Phi) is 6.59. The molecule has 0 aromatic heterocycles. The van der Waals surface area contributed by atoms with Crippen molar-refractivity contribution in [3.05, 3.63) is 89.7 Å². The Hall–Kier alpha value is -2.37. The molecular formula is C22H24O. The summed E-state index contributed by atoms with van der Waals surface area (Å²) in [5, 5.41) is 0. The Morgan fingerprint density at radius 2 is 1.78 bits per heavy atom. The quantitative estimate of drug-likeness (QED) is 0.470. The SMILES string of the molecule is C=C=CC(CCCc1ccccc1)C(=O)c1ccc(CC)cc1. The maximum atomic E-state index is 12.7. The van der Waals surface area contributed by atoms with Gasteiger partial charge in [-0.3, -0.25) is 4.79 Å². The number of hydrogen-bond acceptors (Lipinski definition) is 1. The van der Waals surface area contributed by atoms with Crippen LogP contribution in [0.1, 0.15) is 41.3 Å². The van der Waals surface area contributed by atoms with Gasteiger partial charge in [-0.05, 0) is 42.9 Å². The first-order valence-corrected chi connectivity index (χ1v) is 8.27. The molecule has 1 atom stereocenters. The van der Waals surface area contributed by atoms with E-state index in [4.69, 9.17) is 0 Å². The molecule has 2 aromatic carbocycles. The molecule has 0 saturated carbocycles. The Morgan fingerprint density at radius 1 is 1.09 bits per heavy atom. The zero-order valence-corrected chi connectivity index (χ0v) is 13.8. The van der Waals surface area contributed by atoms with Crippen molar-refractivity contribution in [1.82, 2.24) is 0 Å². The van der Waals surface area contributed by atoms with E-state index in [0.29, 0.717) is 0 Å². The number of carbonyl (C=O) groups is 1. The van der Waals surface area contributed by atoms with Gasteiger partial charge in [0.05, 0.1) is 0 Å². The summed E-state index contributed by atoms with van der Waals surface area (Å²) in [6, 6.07) is 18.3. The van der Waals surface area contributed by atoms with E-state index in [1.807, 2.05) is 30.3 Å². The van der Waals surface area contributed by atoms with Crippen LogP contribution < -0.4 is 0 Å². The predicted molar refractivity (Wildman–Crippen MR) is 96.7 cm³/mol. The minimum Gasteiger partial charge on any atom is -0.293 e. The van der Waals surface area contributed by atoms with Gasteiger partial charge in [0.15, 0.2) is 5.78 Å². The van der Waals surface area contributed by atoms with E-state index >= 15 is 0 Å². The molecule has 0 amide bonds. The summed E-state index contributed by atoms with van der Waals surface area (Å²) in [6.07, 6.45) is 5.59. The number of Topliss-reactive ketones (excluding diaryl/α,β-unsaturated/α-hetero) is 1. The maximum Gasteiger partial charge on any atom is 0.170 e. The predicted octanol–water partition coefficient (Wildman–Crippen LogP) is 5.41. The second kappa shape index (κ2) is 8.92. The van der Waals surface area contributed by atoms with Crippen LogP contribution >= 0.6 is 0 Å². The molecule has 2 aromatic rings. The molecule has 0 spiro atoms. The molecule has 0 bridgehead atoms. The molecule has 0 aliphatic heterocycles. The fourth-order valence-electron chi connectivity index (χ4n) is 2.72. The van der Waals surface area contributed by atoms with E-state index in [2.05, 4.69) is 43.5 Å². The third-order valence-electron chi connectivity index (χ3n) is 4.13. The lowest BCUT2D eigenvalue weighted by atomic mass is 9.91. The van der Waals surface area contributed by atoms with Gasteiger partial charge in [-0.25, -0.2) is 0 Å². The van der Waals surface area contributed by atoms with Gasteiger partial charge in [0.2, 0.25) is 0 Å². The molecule has 1 unspecified atom stereocenters. The van der Waals surface area contributed by atoms with Crippen LogP contribution in [0.4, 0.5) is 0 Å². The van der Waals surface area contributed by atoms with E-state index in [0.717, 1.165) is 31.2 Å². The molecule has 0 N–H and O–H groups in total. The number of ketones is 1. The van der Waals surface area contributed by atoms with E-state index in [-0.39, 0.29) is 11.7 Å². The van der Waals surface area contributed by atoms with Crippen molar-refractivity contribution in [3.8, 4) is 0 Å². The molecule has 23 heavy (non-hydrogen) atoms. The fraction of sp³-hybridized carbons (Fsp3) is 0.273. The zero-order valence-electron chi connectivity index (χ0n) is 13.8. The van der Waals surface area contributed by atoms with Crippen LogP contribution in [0.5, 0.6) is 0 Å². The maximum absolute atomic E-state index is 12.7. The molecule has 1 nitrogen and oxygen atoms in total. The van der Waals surface area contributed by atoms with Crippen LogP contribution in [0.15, 0.2) is 73.0 Å². The summed E-state index contributed by atoms with van der Waals surface area (Å²) in [5.41, 5.74) is 6.13. The average molecular weight is 304 g/mol. The highest BCUT2D eigenvalue weighted by Gasteiger charge is 2.17. The van der Waals surface area contributed by atoms with Crippen LogP contribution in [0.25, 0.3) is 0 Å². The molecule has 1 heteroatoms. The van der Waals surface area contributed by atoms with E-state index < -0.39 is 0 Å². The van der Waals surface area contributed by atoms with Gasteiger partial charge >= 0.3 is 0 Å². The molecule has 0 radical (unpaired) electrons. The summed E-state index contributed by atoms with van der Waals surface area (Å²) in [5.74, 6) is 0.0283. The highest BCUT2D eigenvalue weighted by atomic mass is 16.1. The van der Waals surface area contributed by atoms with Gasteiger partial charge in [-0.1, -0.05) is 68.1 Å². The standard InChI is InChI=1S/C22H24O/c1-3-9-20(13-8-12-19-10-6-5-7-11-19)22(23)21-16-14-18(4-2)15-17-21/h5-7,9-11,14-17,20H,1,4,8,12-13H2,2H3. The van der Waals surface area contributed by atoms with E-state index in [1.54, 1.807) is 6.08 Å². The number of hydrogen-bond donors (Lipinski definition) is 0. The average Bonchev–Trinajstić information content (AvgIpc) is 2.61. The summed E-state index contributed by atoms with van der Waals surface area (Å²) in [4.78, 5) is 12.7. The van der Waals surface area contributed by atoms with Gasteiger partial charge in [0.25, 0.3) is 0 Å². The van der Waals surface area contributed by atoms with E-state index in [9.17, 15) is 4.79 Å². The van der Waals surface area contributed by atoms with Crippen LogP contribution in [0.2, 0.25) is 0 Å². The second-order valence-corrected chi connectivity index (χ2v) is 5.77. The molecular weight excluding hydrogens is 280 g/mol. The first kappa shape index (κ1) is 17.0. The normalized spacial score (nSPS) is 11.5. The van der Waals surface area contributed by atoms with Gasteiger partial charge in [0, 0.05) is 11.5 Å². The summed E-state index contributed by atoms with van der Waals surface area (Å²) in [6.45, 7) is 5.75. The largest absolute Gasteiger partial charge is 0.293 e. The van der Waals surface area contributed by atoms with Crippen LogP contribution in [0.3, 0.4) is 0 Å². The van der Waals surface area contributed by atoms with Crippen molar-refractivity contribution in [2.45, 2.75) is 32.6 Å². The molecule has 118 valence electrons. The molecule has 0 saturated heterocycles.